The molecule has 0 radical (unpaired) electrons. The Bertz CT molecular complexity index is 936. The number of aliphatic imine (C=N–C) groups is 1. The third-order valence-corrected chi connectivity index (χ3v) is 5.94. The molecule has 4 nitrogen and oxygen atoms in total. The van der Waals surface area contributed by atoms with Crippen LogP contribution >= 0.6 is 22.9 Å². The molecular weight excluding hydrogens is 328 g/mol. The molecule has 23 heavy (non-hydrogen) atoms. The smallest absolute Gasteiger partial charge is 0.159 e. The van der Waals surface area contributed by atoms with Gasteiger partial charge in [-0.15, -0.1) is 21.5 Å². The van der Waals surface area contributed by atoms with Crippen molar-refractivity contribution in [3.05, 3.63) is 63.5 Å². The van der Waals surface area contributed by atoms with Crippen molar-refractivity contribution in [3.8, 4) is 5.00 Å². The van der Waals surface area contributed by atoms with Gasteiger partial charge in [0.15, 0.2) is 5.82 Å². The van der Waals surface area contributed by atoms with Crippen molar-refractivity contribution in [1.82, 2.24) is 14.8 Å². The van der Waals surface area contributed by atoms with Crippen molar-refractivity contribution in [1.29, 1.82) is 0 Å². The Labute approximate surface area is 142 Å². The van der Waals surface area contributed by atoms with E-state index in [2.05, 4.69) is 20.8 Å². The fraction of sp³-hybridized carbons (Fsp3) is 0.235. The second kappa shape index (κ2) is 5.01. The Morgan fingerprint density at radius 1 is 1.17 bits per heavy atom. The van der Waals surface area contributed by atoms with Crippen molar-refractivity contribution in [2.45, 2.75) is 25.3 Å². The molecular formula is C17H13ClN4S. The molecule has 0 bridgehead atoms. The van der Waals surface area contributed by atoms with Gasteiger partial charge in [-0.25, -0.2) is 0 Å². The minimum Gasteiger partial charge on any atom is -0.276 e. The van der Waals surface area contributed by atoms with E-state index >= 15 is 0 Å². The van der Waals surface area contributed by atoms with Gasteiger partial charge >= 0.3 is 0 Å². The van der Waals surface area contributed by atoms with Crippen molar-refractivity contribution in [2.24, 2.45) is 4.99 Å². The number of hydrogen-bond acceptors (Lipinski definition) is 4. The summed E-state index contributed by atoms with van der Waals surface area (Å²) in [6.07, 6.45) is 4.35. The molecule has 0 amide bonds. The van der Waals surface area contributed by atoms with E-state index in [1.165, 1.54) is 17.7 Å². The summed E-state index contributed by atoms with van der Waals surface area (Å²) in [6, 6.07) is 10.2. The summed E-state index contributed by atoms with van der Waals surface area (Å²) in [7, 11) is 0. The zero-order chi connectivity index (χ0) is 15.4. The number of halogens is 1. The summed E-state index contributed by atoms with van der Waals surface area (Å²) in [5, 5.41) is 10.2. The van der Waals surface area contributed by atoms with Gasteiger partial charge in [-0.3, -0.25) is 9.56 Å². The molecule has 0 spiro atoms. The summed E-state index contributed by atoms with van der Waals surface area (Å²) in [5.41, 5.74) is 3.08. The van der Waals surface area contributed by atoms with Gasteiger partial charge in [0.05, 0.1) is 5.71 Å². The van der Waals surface area contributed by atoms with E-state index in [4.69, 9.17) is 16.6 Å². The number of benzene rings is 1. The van der Waals surface area contributed by atoms with Gasteiger partial charge in [0.1, 0.15) is 17.9 Å². The van der Waals surface area contributed by atoms with Gasteiger partial charge < -0.3 is 0 Å². The monoisotopic (exact) mass is 340 g/mol. The molecule has 0 atom stereocenters. The fourth-order valence-corrected chi connectivity index (χ4v) is 4.52. The van der Waals surface area contributed by atoms with E-state index in [-0.39, 0.29) is 0 Å². The summed E-state index contributed by atoms with van der Waals surface area (Å²) in [5.74, 6) is 1.58. The molecule has 5 rings (SSSR count). The molecule has 1 aromatic carbocycles. The molecule has 1 fully saturated rings. The van der Waals surface area contributed by atoms with Crippen LogP contribution in [0.1, 0.15) is 40.6 Å². The van der Waals surface area contributed by atoms with Gasteiger partial charge in [0.2, 0.25) is 0 Å². The van der Waals surface area contributed by atoms with Crippen LogP contribution in [-0.2, 0) is 6.54 Å². The fourth-order valence-electron chi connectivity index (χ4n) is 2.97. The number of fused-ring (bicyclic) bond motifs is 3. The van der Waals surface area contributed by atoms with E-state index in [9.17, 15) is 0 Å². The van der Waals surface area contributed by atoms with Gasteiger partial charge in [-0.2, -0.15) is 0 Å². The standard InChI is InChI=1S/C17H13ClN4S/c18-13-4-2-1-3-11(13)16-12-7-14(10-5-6-10)23-17(12)22-9-20-21-15(22)8-19-16/h1-4,7,9-10H,5-6,8H2. The molecule has 114 valence electrons. The van der Waals surface area contributed by atoms with E-state index in [0.717, 1.165) is 32.7 Å². The Balaban J connectivity index is 1.75. The summed E-state index contributed by atoms with van der Waals surface area (Å²) in [6.45, 7) is 0.515. The highest BCUT2D eigenvalue weighted by Crippen LogP contribution is 2.46. The maximum absolute atomic E-state index is 6.43. The normalized spacial score (nSPS) is 16.5. The zero-order valence-electron chi connectivity index (χ0n) is 12.2. The first-order valence-corrected chi connectivity index (χ1v) is 8.83. The third kappa shape index (κ3) is 2.15. The predicted octanol–water partition coefficient (Wildman–Crippen LogP) is 4.21. The summed E-state index contributed by atoms with van der Waals surface area (Å²) < 4.78 is 2.07. The first kappa shape index (κ1) is 13.5. The zero-order valence-corrected chi connectivity index (χ0v) is 13.8. The van der Waals surface area contributed by atoms with Crippen LogP contribution in [0.15, 0.2) is 41.7 Å². The van der Waals surface area contributed by atoms with Crippen molar-refractivity contribution < 1.29 is 0 Å². The number of thiophene rings is 1. The van der Waals surface area contributed by atoms with E-state index in [0.29, 0.717) is 12.5 Å². The molecule has 6 heteroatoms. The minimum absolute atomic E-state index is 0.515. The molecule has 2 aliphatic rings. The van der Waals surface area contributed by atoms with Crippen LogP contribution < -0.4 is 0 Å². The third-order valence-electron chi connectivity index (χ3n) is 4.31. The van der Waals surface area contributed by atoms with Crippen LogP contribution in [0.5, 0.6) is 0 Å². The first-order chi connectivity index (χ1) is 11.3. The average molecular weight is 341 g/mol. The molecule has 1 saturated carbocycles. The molecule has 0 saturated heterocycles. The summed E-state index contributed by atoms with van der Waals surface area (Å²) in [4.78, 5) is 6.24. The van der Waals surface area contributed by atoms with Gasteiger partial charge in [-0.05, 0) is 30.9 Å². The Kier molecular flexibility index (Phi) is 2.93. The molecule has 0 unspecified atom stereocenters. The van der Waals surface area contributed by atoms with Crippen molar-refractivity contribution in [3.63, 3.8) is 0 Å². The van der Waals surface area contributed by atoms with Crippen LogP contribution in [0.3, 0.4) is 0 Å². The topological polar surface area (TPSA) is 43.1 Å². The number of rotatable bonds is 2. The number of nitrogens with zero attached hydrogens (tertiary/aromatic N) is 4. The highest BCUT2D eigenvalue weighted by atomic mass is 35.5. The second-order valence-electron chi connectivity index (χ2n) is 5.90. The Morgan fingerprint density at radius 3 is 2.87 bits per heavy atom. The maximum atomic E-state index is 6.43. The lowest BCUT2D eigenvalue weighted by atomic mass is 10.0. The quantitative estimate of drug-likeness (QED) is 0.701. The largest absolute Gasteiger partial charge is 0.276 e. The second-order valence-corrected chi connectivity index (χ2v) is 7.37. The number of aromatic nitrogens is 3. The summed E-state index contributed by atoms with van der Waals surface area (Å²) >= 11 is 8.26. The molecule has 3 aromatic rings. The predicted molar refractivity (Wildman–Crippen MR) is 92.0 cm³/mol. The molecule has 1 aliphatic carbocycles. The molecule has 2 aromatic heterocycles. The highest BCUT2D eigenvalue weighted by Gasteiger charge is 2.30. The highest BCUT2D eigenvalue weighted by molar-refractivity contribution is 7.15. The van der Waals surface area contributed by atoms with E-state index in [1.807, 2.05) is 35.6 Å². The van der Waals surface area contributed by atoms with Crippen LogP contribution in [0.25, 0.3) is 5.00 Å². The van der Waals surface area contributed by atoms with Crippen molar-refractivity contribution >= 4 is 28.6 Å². The van der Waals surface area contributed by atoms with Crippen LogP contribution in [0.4, 0.5) is 0 Å². The minimum atomic E-state index is 0.515. The molecule has 0 N–H and O–H groups in total. The molecule has 3 heterocycles. The Morgan fingerprint density at radius 2 is 2.04 bits per heavy atom. The SMILES string of the molecule is Clc1ccccc1C1=NCc2nncn2-c2sc(C3CC3)cc21. The Hall–Kier alpha value is -1.98. The maximum Gasteiger partial charge on any atom is 0.159 e. The van der Waals surface area contributed by atoms with E-state index < -0.39 is 0 Å². The molecule has 1 aliphatic heterocycles. The number of hydrogen-bond donors (Lipinski definition) is 0. The first-order valence-electron chi connectivity index (χ1n) is 7.64. The lowest BCUT2D eigenvalue weighted by molar-refractivity contribution is 0.876. The van der Waals surface area contributed by atoms with Crippen LogP contribution in [0, 0.1) is 0 Å². The van der Waals surface area contributed by atoms with Gasteiger partial charge in [0.25, 0.3) is 0 Å². The van der Waals surface area contributed by atoms with Crippen LogP contribution in [-0.4, -0.2) is 20.5 Å². The lowest BCUT2D eigenvalue weighted by Crippen LogP contribution is -2.04. The van der Waals surface area contributed by atoms with Crippen LogP contribution in [0.2, 0.25) is 5.02 Å². The lowest BCUT2D eigenvalue weighted by Gasteiger charge is -2.07. The van der Waals surface area contributed by atoms with Crippen molar-refractivity contribution in [2.75, 3.05) is 0 Å². The van der Waals surface area contributed by atoms with Gasteiger partial charge in [-0.1, -0.05) is 29.8 Å². The van der Waals surface area contributed by atoms with Gasteiger partial charge in [0, 0.05) is 21.0 Å². The van der Waals surface area contributed by atoms with E-state index in [1.54, 1.807) is 6.33 Å². The average Bonchev–Trinajstić information content (AvgIpc) is 3.19.